The molecule has 0 spiro atoms. The first kappa shape index (κ1) is 16.8. The standard InChI is InChI=1S/C18H25N3O3/c22-16-4-2-15(3-5-16)18(24)21-11-9-20(10-12-21)17(23)6-1-14-7-8-19-13-14/h2-5,14,19,22H,1,6-13H2. The number of aromatic hydroxyl groups is 1. The predicted molar refractivity (Wildman–Crippen MR) is 90.8 cm³/mol. The number of hydrogen-bond acceptors (Lipinski definition) is 4. The second-order valence-corrected chi connectivity index (χ2v) is 6.62. The van der Waals surface area contributed by atoms with Gasteiger partial charge in [-0.1, -0.05) is 0 Å². The van der Waals surface area contributed by atoms with Gasteiger partial charge in [0.2, 0.25) is 5.91 Å². The summed E-state index contributed by atoms with van der Waals surface area (Å²) >= 11 is 0. The summed E-state index contributed by atoms with van der Waals surface area (Å²) in [5.41, 5.74) is 0.571. The first-order valence-electron chi connectivity index (χ1n) is 8.70. The van der Waals surface area contributed by atoms with Gasteiger partial charge in [0, 0.05) is 38.2 Å². The summed E-state index contributed by atoms with van der Waals surface area (Å²) in [6, 6.07) is 6.30. The first-order chi connectivity index (χ1) is 11.6. The summed E-state index contributed by atoms with van der Waals surface area (Å²) in [5, 5.41) is 12.6. The largest absolute Gasteiger partial charge is 0.508 e. The molecule has 0 aliphatic carbocycles. The van der Waals surface area contributed by atoms with Crippen LogP contribution < -0.4 is 5.32 Å². The van der Waals surface area contributed by atoms with Crippen LogP contribution in [0.4, 0.5) is 0 Å². The molecule has 2 saturated heterocycles. The van der Waals surface area contributed by atoms with Gasteiger partial charge in [-0.15, -0.1) is 0 Å². The third kappa shape index (κ3) is 4.06. The second kappa shape index (κ2) is 7.66. The molecular formula is C18H25N3O3. The Hall–Kier alpha value is -2.08. The highest BCUT2D eigenvalue weighted by atomic mass is 16.3. The molecule has 2 heterocycles. The van der Waals surface area contributed by atoms with Crippen LogP contribution in [-0.4, -0.2) is 66.0 Å². The van der Waals surface area contributed by atoms with E-state index in [1.807, 2.05) is 4.90 Å². The highest BCUT2D eigenvalue weighted by Crippen LogP contribution is 2.17. The van der Waals surface area contributed by atoms with E-state index >= 15 is 0 Å². The molecule has 1 atom stereocenters. The van der Waals surface area contributed by atoms with E-state index in [-0.39, 0.29) is 17.6 Å². The van der Waals surface area contributed by atoms with E-state index in [1.165, 1.54) is 18.6 Å². The highest BCUT2D eigenvalue weighted by molar-refractivity contribution is 5.94. The molecule has 0 saturated carbocycles. The Morgan fingerprint density at radius 1 is 1.08 bits per heavy atom. The Bertz CT molecular complexity index is 574. The maximum absolute atomic E-state index is 12.4. The van der Waals surface area contributed by atoms with E-state index in [9.17, 15) is 14.7 Å². The van der Waals surface area contributed by atoms with Crippen LogP contribution in [0.25, 0.3) is 0 Å². The van der Waals surface area contributed by atoms with Gasteiger partial charge in [0.15, 0.2) is 0 Å². The lowest BCUT2D eigenvalue weighted by atomic mass is 10.0. The van der Waals surface area contributed by atoms with Crippen LogP contribution in [0.3, 0.4) is 0 Å². The molecule has 1 unspecified atom stereocenters. The number of nitrogens with zero attached hydrogens (tertiary/aromatic N) is 2. The van der Waals surface area contributed by atoms with Crippen LogP contribution in [-0.2, 0) is 4.79 Å². The van der Waals surface area contributed by atoms with Gasteiger partial charge in [0.05, 0.1) is 0 Å². The van der Waals surface area contributed by atoms with Crippen molar-refractivity contribution in [2.24, 2.45) is 5.92 Å². The normalized spacial score (nSPS) is 21.1. The van der Waals surface area contributed by atoms with Crippen LogP contribution >= 0.6 is 0 Å². The summed E-state index contributed by atoms with van der Waals surface area (Å²) in [5.74, 6) is 0.948. The van der Waals surface area contributed by atoms with Gasteiger partial charge in [0.25, 0.3) is 5.91 Å². The van der Waals surface area contributed by atoms with Gasteiger partial charge in [0.1, 0.15) is 5.75 Å². The third-order valence-electron chi connectivity index (χ3n) is 4.96. The Balaban J connectivity index is 1.45. The van der Waals surface area contributed by atoms with Crippen molar-refractivity contribution in [2.75, 3.05) is 39.3 Å². The molecule has 6 nitrogen and oxygen atoms in total. The van der Waals surface area contributed by atoms with Crippen LogP contribution in [0, 0.1) is 5.92 Å². The molecule has 0 bridgehead atoms. The second-order valence-electron chi connectivity index (χ2n) is 6.62. The minimum Gasteiger partial charge on any atom is -0.508 e. The molecule has 24 heavy (non-hydrogen) atoms. The zero-order valence-electron chi connectivity index (χ0n) is 13.9. The summed E-state index contributed by atoms with van der Waals surface area (Å²) in [7, 11) is 0. The minimum atomic E-state index is -0.0425. The summed E-state index contributed by atoms with van der Waals surface area (Å²) in [4.78, 5) is 28.4. The van der Waals surface area contributed by atoms with E-state index in [0.29, 0.717) is 44.1 Å². The smallest absolute Gasteiger partial charge is 0.253 e. The molecule has 1 aromatic rings. The molecule has 2 aliphatic rings. The molecule has 0 radical (unpaired) electrons. The van der Waals surface area contributed by atoms with Crippen LogP contribution in [0.15, 0.2) is 24.3 Å². The number of piperazine rings is 1. The van der Waals surface area contributed by atoms with E-state index in [0.717, 1.165) is 19.5 Å². The molecule has 2 N–H and O–H groups in total. The van der Waals surface area contributed by atoms with E-state index < -0.39 is 0 Å². The van der Waals surface area contributed by atoms with Crippen molar-refractivity contribution >= 4 is 11.8 Å². The quantitative estimate of drug-likeness (QED) is 0.865. The van der Waals surface area contributed by atoms with Gasteiger partial charge in [-0.2, -0.15) is 0 Å². The maximum Gasteiger partial charge on any atom is 0.253 e. The average Bonchev–Trinajstić information content (AvgIpc) is 3.13. The highest BCUT2D eigenvalue weighted by Gasteiger charge is 2.25. The zero-order chi connectivity index (χ0) is 16.9. The number of carbonyl (C=O) groups excluding carboxylic acids is 2. The molecule has 0 aromatic heterocycles. The summed E-state index contributed by atoms with van der Waals surface area (Å²) in [6.07, 6.45) is 2.74. The summed E-state index contributed by atoms with van der Waals surface area (Å²) < 4.78 is 0. The number of phenols is 1. The van der Waals surface area contributed by atoms with E-state index in [4.69, 9.17) is 0 Å². The SMILES string of the molecule is O=C(CCC1CCNC1)N1CCN(C(=O)c2ccc(O)cc2)CC1. The van der Waals surface area contributed by atoms with Gasteiger partial charge in [-0.05, 0) is 56.1 Å². The van der Waals surface area contributed by atoms with Crippen LogP contribution in [0.2, 0.25) is 0 Å². The van der Waals surface area contributed by atoms with Crippen molar-refractivity contribution < 1.29 is 14.7 Å². The predicted octanol–water partition coefficient (Wildman–Crippen LogP) is 1.07. The number of amides is 2. The van der Waals surface area contributed by atoms with Crippen molar-refractivity contribution in [3.63, 3.8) is 0 Å². The summed E-state index contributed by atoms with van der Waals surface area (Å²) in [6.45, 7) is 4.43. The molecule has 2 amide bonds. The fraction of sp³-hybridized carbons (Fsp3) is 0.556. The Morgan fingerprint density at radius 3 is 2.38 bits per heavy atom. The topological polar surface area (TPSA) is 72.9 Å². The van der Waals surface area contributed by atoms with Crippen LogP contribution in [0.5, 0.6) is 5.75 Å². The lowest BCUT2D eigenvalue weighted by Gasteiger charge is -2.35. The fourth-order valence-corrected chi connectivity index (χ4v) is 3.39. The molecule has 130 valence electrons. The number of phenolic OH excluding ortho intramolecular Hbond substituents is 1. The van der Waals surface area contributed by atoms with Gasteiger partial charge >= 0.3 is 0 Å². The van der Waals surface area contributed by atoms with Crippen molar-refractivity contribution in [3.05, 3.63) is 29.8 Å². The van der Waals surface area contributed by atoms with Gasteiger partial charge in [-0.3, -0.25) is 9.59 Å². The molecule has 1 aromatic carbocycles. The van der Waals surface area contributed by atoms with Crippen molar-refractivity contribution in [1.29, 1.82) is 0 Å². The maximum atomic E-state index is 12.4. The lowest BCUT2D eigenvalue weighted by Crippen LogP contribution is -2.50. The number of nitrogens with one attached hydrogen (secondary N) is 1. The molecular weight excluding hydrogens is 306 g/mol. The Morgan fingerprint density at radius 2 is 1.75 bits per heavy atom. The van der Waals surface area contributed by atoms with Crippen molar-refractivity contribution in [3.8, 4) is 5.75 Å². The number of rotatable bonds is 4. The van der Waals surface area contributed by atoms with Crippen LogP contribution in [0.1, 0.15) is 29.6 Å². The van der Waals surface area contributed by atoms with Crippen molar-refractivity contribution in [1.82, 2.24) is 15.1 Å². The fourth-order valence-electron chi connectivity index (χ4n) is 3.39. The molecule has 2 aliphatic heterocycles. The third-order valence-corrected chi connectivity index (χ3v) is 4.96. The molecule has 6 heteroatoms. The minimum absolute atomic E-state index is 0.0425. The van der Waals surface area contributed by atoms with E-state index in [2.05, 4.69) is 5.32 Å². The number of benzene rings is 1. The number of hydrogen-bond donors (Lipinski definition) is 2. The Labute approximate surface area is 142 Å². The van der Waals surface area contributed by atoms with Crippen molar-refractivity contribution in [2.45, 2.75) is 19.3 Å². The lowest BCUT2D eigenvalue weighted by molar-refractivity contribution is -0.132. The van der Waals surface area contributed by atoms with Gasteiger partial charge in [-0.25, -0.2) is 0 Å². The monoisotopic (exact) mass is 331 g/mol. The van der Waals surface area contributed by atoms with E-state index in [1.54, 1.807) is 17.0 Å². The van der Waals surface area contributed by atoms with Gasteiger partial charge < -0.3 is 20.2 Å². The molecule has 2 fully saturated rings. The zero-order valence-corrected chi connectivity index (χ0v) is 13.9. The average molecular weight is 331 g/mol. The first-order valence-corrected chi connectivity index (χ1v) is 8.70. The Kier molecular flexibility index (Phi) is 5.35. The number of carbonyl (C=O) groups is 2. The molecule has 3 rings (SSSR count).